The zero-order valence-corrected chi connectivity index (χ0v) is 6.10. The van der Waals surface area contributed by atoms with E-state index in [1.807, 2.05) is 24.3 Å². The van der Waals surface area contributed by atoms with Crippen molar-refractivity contribution in [3.05, 3.63) is 36.3 Å². The normalized spacial score (nSPS) is 29.5. The third-order valence-electron chi connectivity index (χ3n) is 1.97. The molecule has 0 radical (unpaired) electrons. The van der Waals surface area contributed by atoms with Crippen LogP contribution in [0.4, 0.5) is 0 Å². The van der Waals surface area contributed by atoms with E-state index in [4.69, 9.17) is 9.52 Å². The molecule has 1 N–H and O–H groups in total. The number of furan rings is 1. The molecule has 11 heavy (non-hydrogen) atoms. The molecule has 0 saturated heterocycles. The van der Waals surface area contributed by atoms with Crippen LogP contribution in [0.3, 0.4) is 0 Å². The van der Waals surface area contributed by atoms with Crippen LogP contribution in [-0.2, 0) is 0 Å². The second-order valence-corrected chi connectivity index (χ2v) is 2.81. The number of rotatable bonds is 1. The van der Waals surface area contributed by atoms with Crippen LogP contribution in [0.5, 0.6) is 0 Å². The van der Waals surface area contributed by atoms with E-state index in [1.54, 1.807) is 6.26 Å². The highest BCUT2D eigenvalue weighted by molar-refractivity contribution is 5.18. The molecule has 1 aliphatic carbocycles. The topological polar surface area (TPSA) is 33.4 Å². The molecular weight excluding hydrogens is 140 g/mol. The fourth-order valence-corrected chi connectivity index (χ4v) is 1.39. The first kappa shape index (κ1) is 6.68. The van der Waals surface area contributed by atoms with Crippen molar-refractivity contribution >= 4 is 0 Å². The summed E-state index contributed by atoms with van der Waals surface area (Å²) in [5.74, 6) is 1.22. The number of aliphatic hydroxyl groups excluding tert-OH is 1. The number of allylic oxidation sites excluding steroid dienone is 1. The summed E-state index contributed by atoms with van der Waals surface area (Å²) in [6, 6.07) is 3.81. The van der Waals surface area contributed by atoms with Crippen molar-refractivity contribution in [2.45, 2.75) is 18.4 Å². The highest BCUT2D eigenvalue weighted by Crippen LogP contribution is 2.28. The molecule has 0 spiro atoms. The molecule has 2 atom stereocenters. The van der Waals surface area contributed by atoms with Gasteiger partial charge in [-0.15, -0.1) is 0 Å². The van der Waals surface area contributed by atoms with Gasteiger partial charge in [0, 0.05) is 5.92 Å². The van der Waals surface area contributed by atoms with Crippen molar-refractivity contribution < 1.29 is 9.52 Å². The Morgan fingerprint density at radius 3 is 2.91 bits per heavy atom. The SMILES string of the molecule is OC1C=CC(c2ccco2)C1. The van der Waals surface area contributed by atoms with Gasteiger partial charge in [0.25, 0.3) is 0 Å². The molecule has 1 aromatic rings. The molecule has 0 aromatic carbocycles. The van der Waals surface area contributed by atoms with Crippen LogP contribution >= 0.6 is 0 Å². The lowest BCUT2D eigenvalue weighted by atomic mass is 10.1. The van der Waals surface area contributed by atoms with Gasteiger partial charge in [-0.05, 0) is 18.6 Å². The minimum Gasteiger partial charge on any atom is -0.469 e. The van der Waals surface area contributed by atoms with Gasteiger partial charge < -0.3 is 9.52 Å². The summed E-state index contributed by atoms with van der Waals surface area (Å²) in [4.78, 5) is 0. The largest absolute Gasteiger partial charge is 0.469 e. The molecule has 58 valence electrons. The number of hydrogen-bond donors (Lipinski definition) is 1. The molecule has 0 saturated carbocycles. The van der Waals surface area contributed by atoms with Gasteiger partial charge in [-0.25, -0.2) is 0 Å². The lowest BCUT2D eigenvalue weighted by molar-refractivity contribution is 0.215. The zero-order chi connectivity index (χ0) is 7.68. The first-order chi connectivity index (χ1) is 5.36. The Labute approximate surface area is 65.1 Å². The van der Waals surface area contributed by atoms with E-state index in [0.29, 0.717) is 0 Å². The maximum Gasteiger partial charge on any atom is 0.110 e. The Bertz CT molecular complexity index is 249. The highest BCUT2D eigenvalue weighted by atomic mass is 16.3. The van der Waals surface area contributed by atoms with Crippen molar-refractivity contribution in [3.8, 4) is 0 Å². The van der Waals surface area contributed by atoms with E-state index < -0.39 is 0 Å². The van der Waals surface area contributed by atoms with Crippen LogP contribution in [0.25, 0.3) is 0 Å². The summed E-state index contributed by atoms with van der Waals surface area (Å²) < 4.78 is 5.20. The third kappa shape index (κ3) is 1.21. The van der Waals surface area contributed by atoms with Crippen LogP contribution in [0.1, 0.15) is 18.1 Å². The van der Waals surface area contributed by atoms with Crippen LogP contribution in [0.15, 0.2) is 35.0 Å². The maximum absolute atomic E-state index is 9.17. The molecule has 0 amide bonds. The third-order valence-corrected chi connectivity index (χ3v) is 1.97. The van der Waals surface area contributed by atoms with E-state index in [2.05, 4.69) is 0 Å². The number of aliphatic hydroxyl groups is 1. The second kappa shape index (κ2) is 2.55. The Morgan fingerprint density at radius 2 is 2.36 bits per heavy atom. The minimum absolute atomic E-state index is 0.278. The molecule has 2 unspecified atom stereocenters. The maximum atomic E-state index is 9.17. The van der Waals surface area contributed by atoms with Gasteiger partial charge in [-0.2, -0.15) is 0 Å². The summed E-state index contributed by atoms with van der Waals surface area (Å²) >= 11 is 0. The van der Waals surface area contributed by atoms with E-state index >= 15 is 0 Å². The smallest absolute Gasteiger partial charge is 0.110 e. The van der Waals surface area contributed by atoms with Crippen molar-refractivity contribution in [2.24, 2.45) is 0 Å². The summed E-state index contributed by atoms with van der Waals surface area (Å²) in [5, 5.41) is 9.17. The molecule has 1 aromatic heterocycles. The van der Waals surface area contributed by atoms with E-state index in [0.717, 1.165) is 12.2 Å². The molecule has 0 bridgehead atoms. The Morgan fingerprint density at radius 1 is 1.45 bits per heavy atom. The number of hydrogen-bond acceptors (Lipinski definition) is 2. The van der Waals surface area contributed by atoms with Crippen molar-refractivity contribution in [1.29, 1.82) is 0 Å². The van der Waals surface area contributed by atoms with Crippen LogP contribution in [-0.4, -0.2) is 11.2 Å². The molecular formula is C9H10O2. The minimum atomic E-state index is -0.287. The van der Waals surface area contributed by atoms with Crippen molar-refractivity contribution in [1.82, 2.24) is 0 Å². The summed E-state index contributed by atoms with van der Waals surface area (Å²) in [7, 11) is 0. The molecule has 2 heteroatoms. The average Bonchev–Trinajstić information content (AvgIpc) is 2.55. The summed E-state index contributed by atoms with van der Waals surface area (Å²) in [6.45, 7) is 0. The fraction of sp³-hybridized carbons (Fsp3) is 0.333. The molecule has 2 nitrogen and oxygen atoms in total. The molecule has 1 heterocycles. The first-order valence-electron chi connectivity index (χ1n) is 3.76. The van der Waals surface area contributed by atoms with Gasteiger partial charge in [0.2, 0.25) is 0 Å². The van der Waals surface area contributed by atoms with Crippen molar-refractivity contribution in [3.63, 3.8) is 0 Å². The highest BCUT2D eigenvalue weighted by Gasteiger charge is 2.19. The predicted octanol–water partition coefficient (Wildman–Crippen LogP) is 1.68. The molecule has 0 fully saturated rings. The lowest BCUT2D eigenvalue weighted by Gasteiger charge is -2.03. The zero-order valence-electron chi connectivity index (χ0n) is 6.10. The van der Waals surface area contributed by atoms with E-state index in [-0.39, 0.29) is 12.0 Å². The van der Waals surface area contributed by atoms with Gasteiger partial charge in [-0.1, -0.05) is 12.2 Å². The average molecular weight is 150 g/mol. The molecule has 2 rings (SSSR count). The van der Waals surface area contributed by atoms with Gasteiger partial charge in [0.05, 0.1) is 12.4 Å². The van der Waals surface area contributed by atoms with Gasteiger partial charge >= 0.3 is 0 Å². The Balaban J connectivity index is 2.15. The van der Waals surface area contributed by atoms with E-state index in [1.165, 1.54) is 0 Å². The Kier molecular flexibility index (Phi) is 1.55. The van der Waals surface area contributed by atoms with Crippen LogP contribution in [0.2, 0.25) is 0 Å². The van der Waals surface area contributed by atoms with Crippen LogP contribution < -0.4 is 0 Å². The summed E-state index contributed by atoms with van der Waals surface area (Å²) in [5.41, 5.74) is 0. The quantitative estimate of drug-likeness (QED) is 0.618. The lowest BCUT2D eigenvalue weighted by Crippen LogP contribution is -1.99. The fourth-order valence-electron chi connectivity index (χ4n) is 1.39. The standard InChI is InChI=1S/C9H10O2/c10-8-4-3-7(6-8)9-2-1-5-11-9/h1-5,7-8,10H,6H2. The first-order valence-corrected chi connectivity index (χ1v) is 3.76. The second-order valence-electron chi connectivity index (χ2n) is 2.81. The van der Waals surface area contributed by atoms with Crippen molar-refractivity contribution in [2.75, 3.05) is 0 Å². The molecule has 1 aliphatic rings. The van der Waals surface area contributed by atoms with Crippen LogP contribution in [0, 0.1) is 0 Å². The van der Waals surface area contributed by atoms with E-state index in [9.17, 15) is 0 Å². The predicted molar refractivity (Wildman–Crippen MR) is 41.2 cm³/mol. The van der Waals surface area contributed by atoms with Gasteiger partial charge in [0.15, 0.2) is 0 Å². The monoisotopic (exact) mass is 150 g/mol. The molecule has 0 aliphatic heterocycles. The van der Waals surface area contributed by atoms with Gasteiger partial charge in [-0.3, -0.25) is 0 Å². The Hall–Kier alpha value is -1.02. The summed E-state index contributed by atoms with van der Waals surface area (Å²) in [6.07, 6.45) is 5.93. The van der Waals surface area contributed by atoms with Gasteiger partial charge in [0.1, 0.15) is 5.76 Å².